The molecule has 5 heteroatoms. The van der Waals surface area contributed by atoms with Crippen LogP contribution in [0.15, 0.2) is 6.07 Å². The average Bonchev–Trinajstić information content (AvgIpc) is 2.94. The fraction of sp³-hybridized carbons (Fsp3) is 0.733. The Morgan fingerprint density at radius 2 is 2.30 bits per heavy atom. The molecule has 2 atom stereocenters. The molecular formula is C15H24N4O. The Morgan fingerprint density at radius 3 is 3.10 bits per heavy atom. The molecule has 1 aromatic rings. The highest BCUT2D eigenvalue weighted by atomic mass is 16.5. The van der Waals surface area contributed by atoms with Crippen molar-refractivity contribution in [3.63, 3.8) is 0 Å². The van der Waals surface area contributed by atoms with E-state index in [9.17, 15) is 0 Å². The molecular weight excluding hydrogens is 252 g/mol. The second-order valence-corrected chi connectivity index (χ2v) is 5.60. The highest BCUT2D eigenvalue weighted by Gasteiger charge is 2.34. The molecule has 2 aliphatic rings. The molecule has 3 heterocycles. The maximum atomic E-state index is 6.02. The van der Waals surface area contributed by atoms with E-state index in [1.165, 1.54) is 19.4 Å². The third kappa shape index (κ3) is 2.79. The van der Waals surface area contributed by atoms with Crippen LogP contribution in [0, 0.1) is 0 Å². The number of aromatic nitrogens is 2. The molecule has 20 heavy (non-hydrogen) atoms. The van der Waals surface area contributed by atoms with Crippen LogP contribution in [-0.4, -0.2) is 47.2 Å². The zero-order valence-electron chi connectivity index (χ0n) is 12.4. The lowest BCUT2D eigenvalue weighted by Crippen LogP contribution is -2.42. The molecule has 1 aromatic heterocycles. The first-order chi connectivity index (χ1) is 9.80. The standard InChI is InChI=1S/C15H24N4O/c1-3-11-8-14(16-4-2)18-15(17-11)13-9-19-7-5-6-12(19)10-20-13/h8,12-13H,3-7,9-10H2,1-2H3,(H,16,17,18). The minimum Gasteiger partial charge on any atom is -0.370 e. The zero-order chi connectivity index (χ0) is 13.9. The Balaban J connectivity index is 1.79. The van der Waals surface area contributed by atoms with Crippen molar-refractivity contribution in [2.45, 2.75) is 45.3 Å². The minimum atomic E-state index is 0.0215. The van der Waals surface area contributed by atoms with Gasteiger partial charge in [-0.3, -0.25) is 4.90 Å². The van der Waals surface area contributed by atoms with Gasteiger partial charge in [0.25, 0.3) is 0 Å². The fourth-order valence-electron chi connectivity index (χ4n) is 3.09. The normalized spacial score (nSPS) is 26.5. The molecule has 1 N–H and O–H groups in total. The monoisotopic (exact) mass is 276 g/mol. The summed E-state index contributed by atoms with van der Waals surface area (Å²) in [6.45, 7) is 8.03. The van der Waals surface area contributed by atoms with Gasteiger partial charge in [-0.05, 0) is 32.7 Å². The number of hydrogen-bond acceptors (Lipinski definition) is 5. The largest absolute Gasteiger partial charge is 0.370 e. The quantitative estimate of drug-likeness (QED) is 0.911. The van der Waals surface area contributed by atoms with Crippen molar-refractivity contribution in [3.8, 4) is 0 Å². The topological polar surface area (TPSA) is 50.3 Å². The van der Waals surface area contributed by atoms with Gasteiger partial charge in [0.2, 0.25) is 0 Å². The molecule has 5 nitrogen and oxygen atoms in total. The first kappa shape index (κ1) is 13.8. The second-order valence-electron chi connectivity index (χ2n) is 5.60. The molecule has 3 rings (SSSR count). The number of aryl methyl sites for hydroxylation is 1. The third-order valence-electron chi connectivity index (χ3n) is 4.19. The number of fused-ring (bicyclic) bond motifs is 1. The Hall–Kier alpha value is -1.20. The molecule has 2 saturated heterocycles. The van der Waals surface area contributed by atoms with E-state index >= 15 is 0 Å². The van der Waals surface area contributed by atoms with Gasteiger partial charge in [-0.1, -0.05) is 6.92 Å². The SMILES string of the molecule is CCNc1cc(CC)nc(C2CN3CCCC3CO2)n1. The molecule has 2 unspecified atom stereocenters. The highest BCUT2D eigenvalue weighted by molar-refractivity contribution is 5.36. The number of nitrogens with one attached hydrogen (secondary N) is 1. The Kier molecular flexibility index (Phi) is 4.17. The molecule has 0 bridgehead atoms. The van der Waals surface area contributed by atoms with E-state index in [2.05, 4.69) is 34.0 Å². The first-order valence-electron chi connectivity index (χ1n) is 7.77. The zero-order valence-corrected chi connectivity index (χ0v) is 12.4. The summed E-state index contributed by atoms with van der Waals surface area (Å²) in [6.07, 6.45) is 3.51. The number of ether oxygens (including phenoxy) is 1. The van der Waals surface area contributed by atoms with Gasteiger partial charge in [-0.2, -0.15) is 0 Å². The molecule has 0 radical (unpaired) electrons. The van der Waals surface area contributed by atoms with Crippen LogP contribution in [0.3, 0.4) is 0 Å². The molecule has 2 fully saturated rings. The molecule has 2 aliphatic heterocycles. The Labute approximate surface area is 120 Å². The van der Waals surface area contributed by atoms with Crippen LogP contribution in [0.5, 0.6) is 0 Å². The number of rotatable bonds is 4. The number of morpholine rings is 1. The minimum absolute atomic E-state index is 0.0215. The van der Waals surface area contributed by atoms with Crippen molar-refractivity contribution < 1.29 is 4.74 Å². The number of anilines is 1. The average molecular weight is 276 g/mol. The lowest BCUT2D eigenvalue weighted by atomic mass is 10.1. The predicted molar refractivity (Wildman–Crippen MR) is 78.9 cm³/mol. The summed E-state index contributed by atoms with van der Waals surface area (Å²) in [7, 11) is 0. The predicted octanol–water partition coefficient (Wildman–Crippen LogP) is 2.01. The second kappa shape index (κ2) is 6.06. The summed E-state index contributed by atoms with van der Waals surface area (Å²) in [4.78, 5) is 11.8. The van der Waals surface area contributed by atoms with Crippen LogP contribution in [0.25, 0.3) is 0 Å². The summed E-state index contributed by atoms with van der Waals surface area (Å²) >= 11 is 0. The smallest absolute Gasteiger partial charge is 0.161 e. The van der Waals surface area contributed by atoms with Gasteiger partial charge in [0.1, 0.15) is 11.9 Å². The summed E-state index contributed by atoms with van der Waals surface area (Å²) in [5, 5.41) is 3.29. The van der Waals surface area contributed by atoms with Crippen molar-refractivity contribution in [1.29, 1.82) is 0 Å². The van der Waals surface area contributed by atoms with Crippen molar-refractivity contribution in [3.05, 3.63) is 17.6 Å². The van der Waals surface area contributed by atoms with E-state index in [0.717, 1.165) is 43.5 Å². The molecule has 0 amide bonds. The van der Waals surface area contributed by atoms with E-state index in [1.54, 1.807) is 0 Å². The summed E-state index contributed by atoms with van der Waals surface area (Å²) in [6, 6.07) is 2.66. The van der Waals surface area contributed by atoms with Crippen LogP contribution in [-0.2, 0) is 11.2 Å². The van der Waals surface area contributed by atoms with E-state index in [4.69, 9.17) is 4.74 Å². The van der Waals surface area contributed by atoms with E-state index in [0.29, 0.717) is 6.04 Å². The Bertz CT molecular complexity index is 465. The maximum absolute atomic E-state index is 6.02. The molecule has 0 saturated carbocycles. The van der Waals surface area contributed by atoms with Gasteiger partial charge < -0.3 is 10.1 Å². The van der Waals surface area contributed by atoms with E-state index in [1.807, 2.05) is 6.07 Å². The molecule has 0 aliphatic carbocycles. The molecule has 0 spiro atoms. The Morgan fingerprint density at radius 1 is 1.40 bits per heavy atom. The number of nitrogens with zero attached hydrogens (tertiary/aromatic N) is 3. The number of hydrogen-bond donors (Lipinski definition) is 1. The maximum Gasteiger partial charge on any atom is 0.161 e. The van der Waals surface area contributed by atoms with Gasteiger partial charge in [0.15, 0.2) is 5.82 Å². The lowest BCUT2D eigenvalue weighted by molar-refractivity contribution is -0.0541. The van der Waals surface area contributed by atoms with E-state index in [-0.39, 0.29) is 6.10 Å². The third-order valence-corrected chi connectivity index (χ3v) is 4.19. The van der Waals surface area contributed by atoms with E-state index < -0.39 is 0 Å². The summed E-state index contributed by atoms with van der Waals surface area (Å²) < 4.78 is 6.02. The summed E-state index contributed by atoms with van der Waals surface area (Å²) in [5.41, 5.74) is 1.08. The van der Waals surface area contributed by atoms with Crippen molar-refractivity contribution >= 4 is 5.82 Å². The lowest BCUT2D eigenvalue weighted by Gasteiger charge is -2.34. The van der Waals surface area contributed by atoms with Crippen molar-refractivity contribution in [1.82, 2.24) is 14.9 Å². The van der Waals surface area contributed by atoms with Crippen LogP contribution >= 0.6 is 0 Å². The van der Waals surface area contributed by atoms with Crippen molar-refractivity contribution in [2.75, 3.05) is 31.6 Å². The van der Waals surface area contributed by atoms with Crippen LogP contribution in [0.4, 0.5) is 5.82 Å². The van der Waals surface area contributed by atoms with Gasteiger partial charge in [-0.25, -0.2) is 9.97 Å². The van der Waals surface area contributed by atoms with Crippen molar-refractivity contribution in [2.24, 2.45) is 0 Å². The van der Waals surface area contributed by atoms with Gasteiger partial charge in [-0.15, -0.1) is 0 Å². The van der Waals surface area contributed by atoms with Crippen LogP contribution in [0.2, 0.25) is 0 Å². The molecule has 110 valence electrons. The fourth-order valence-corrected chi connectivity index (χ4v) is 3.09. The van der Waals surface area contributed by atoms with Gasteiger partial charge >= 0.3 is 0 Å². The summed E-state index contributed by atoms with van der Waals surface area (Å²) in [5.74, 6) is 1.76. The van der Waals surface area contributed by atoms with Gasteiger partial charge in [0, 0.05) is 30.9 Å². The first-order valence-corrected chi connectivity index (χ1v) is 7.77. The highest BCUT2D eigenvalue weighted by Crippen LogP contribution is 2.29. The van der Waals surface area contributed by atoms with Crippen LogP contribution in [0.1, 0.15) is 44.3 Å². The molecule has 0 aromatic carbocycles. The van der Waals surface area contributed by atoms with Gasteiger partial charge in [0.05, 0.1) is 6.61 Å². The van der Waals surface area contributed by atoms with Crippen LogP contribution < -0.4 is 5.32 Å².